The van der Waals surface area contributed by atoms with E-state index in [1.54, 1.807) is 26.2 Å². The number of rotatable bonds is 7. The monoisotopic (exact) mass is 424 g/mol. The summed E-state index contributed by atoms with van der Waals surface area (Å²) >= 11 is 0. The van der Waals surface area contributed by atoms with E-state index in [-0.39, 0.29) is 17.9 Å². The molecule has 0 aromatic heterocycles. The molecule has 2 amide bonds. The number of para-hydroxylation sites is 1. The summed E-state index contributed by atoms with van der Waals surface area (Å²) in [6.45, 7) is 7.22. The first kappa shape index (κ1) is 22.7. The first-order chi connectivity index (χ1) is 14.9. The zero-order valence-corrected chi connectivity index (χ0v) is 18.8. The van der Waals surface area contributed by atoms with Gasteiger partial charge < -0.3 is 19.7 Å². The molecule has 0 bridgehead atoms. The van der Waals surface area contributed by atoms with Crippen LogP contribution in [0.15, 0.2) is 48.5 Å². The number of piperidine rings is 1. The van der Waals surface area contributed by atoms with Gasteiger partial charge in [-0.25, -0.2) is 0 Å². The molecule has 6 heteroatoms. The fourth-order valence-corrected chi connectivity index (χ4v) is 3.73. The molecule has 0 saturated carbocycles. The number of nitrogens with zero attached hydrogens (tertiary/aromatic N) is 1. The van der Waals surface area contributed by atoms with Gasteiger partial charge in [0.2, 0.25) is 0 Å². The second-order valence-electron chi connectivity index (χ2n) is 8.26. The number of amides is 2. The highest BCUT2D eigenvalue weighted by atomic mass is 16.5. The minimum atomic E-state index is -0.585. The molecule has 1 saturated heterocycles. The molecule has 31 heavy (non-hydrogen) atoms. The Kier molecular flexibility index (Phi) is 7.55. The van der Waals surface area contributed by atoms with Gasteiger partial charge in [0.25, 0.3) is 11.8 Å². The maximum absolute atomic E-state index is 12.8. The molecule has 166 valence electrons. The Hall–Kier alpha value is -3.02. The van der Waals surface area contributed by atoms with E-state index < -0.39 is 6.10 Å². The van der Waals surface area contributed by atoms with Gasteiger partial charge >= 0.3 is 0 Å². The van der Waals surface area contributed by atoms with Gasteiger partial charge in [-0.1, -0.05) is 38.1 Å². The van der Waals surface area contributed by atoms with Crippen LogP contribution in [-0.2, 0) is 4.79 Å². The summed E-state index contributed by atoms with van der Waals surface area (Å²) in [6.07, 6.45) is 0.836. The number of benzene rings is 2. The highest BCUT2D eigenvalue weighted by molar-refractivity contribution is 5.97. The molecular formula is C25H32N2O4. The molecule has 0 radical (unpaired) electrons. The normalized spacial score (nSPS) is 15.5. The van der Waals surface area contributed by atoms with E-state index in [9.17, 15) is 9.59 Å². The summed E-state index contributed by atoms with van der Waals surface area (Å²) in [5.41, 5.74) is 1.80. The standard InChI is InChI=1S/C25H32N2O4/c1-17(2)19-9-11-21(12-10-19)31-18(3)24(28)26-20-13-15-27(16-14-20)25(29)22-7-5-6-8-23(22)30-4/h5-12,17-18,20H,13-16H2,1-4H3,(H,26,28). The fourth-order valence-electron chi connectivity index (χ4n) is 3.73. The number of nitrogens with one attached hydrogen (secondary N) is 1. The lowest BCUT2D eigenvalue weighted by molar-refractivity contribution is -0.128. The molecule has 2 aromatic carbocycles. The van der Waals surface area contributed by atoms with Gasteiger partial charge in [0, 0.05) is 19.1 Å². The van der Waals surface area contributed by atoms with Crippen LogP contribution in [0.25, 0.3) is 0 Å². The van der Waals surface area contributed by atoms with Crippen LogP contribution in [0.2, 0.25) is 0 Å². The summed E-state index contributed by atoms with van der Waals surface area (Å²) in [4.78, 5) is 27.2. The third kappa shape index (κ3) is 5.78. The number of hydrogen-bond acceptors (Lipinski definition) is 4. The smallest absolute Gasteiger partial charge is 0.260 e. The second-order valence-corrected chi connectivity index (χ2v) is 8.26. The zero-order chi connectivity index (χ0) is 22.4. The Balaban J connectivity index is 1.48. The predicted octanol–water partition coefficient (Wildman–Crippen LogP) is 4.01. The van der Waals surface area contributed by atoms with Crippen molar-refractivity contribution < 1.29 is 19.1 Å². The maximum Gasteiger partial charge on any atom is 0.260 e. The van der Waals surface area contributed by atoms with Crippen LogP contribution in [0.3, 0.4) is 0 Å². The highest BCUT2D eigenvalue weighted by Crippen LogP contribution is 2.22. The van der Waals surface area contributed by atoms with E-state index in [4.69, 9.17) is 9.47 Å². The Bertz CT molecular complexity index is 887. The van der Waals surface area contributed by atoms with Crippen molar-refractivity contribution in [1.29, 1.82) is 0 Å². The van der Waals surface area contributed by atoms with Crippen molar-refractivity contribution in [2.45, 2.75) is 51.7 Å². The van der Waals surface area contributed by atoms with Gasteiger partial charge in [-0.05, 0) is 55.5 Å². The zero-order valence-electron chi connectivity index (χ0n) is 18.8. The molecule has 1 atom stereocenters. The molecule has 2 aromatic rings. The molecule has 6 nitrogen and oxygen atoms in total. The summed E-state index contributed by atoms with van der Waals surface area (Å²) in [7, 11) is 1.57. The molecule has 1 aliphatic heterocycles. The molecule has 1 aliphatic rings. The fraction of sp³-hybridized carbons (Fsp3) is 0.440. The Labute approximate surface area is 184 Å². The van der Waals surface area contributed by atoms with Crippen molar-refractivity contribution in [2.75, 3.05) is 20.2 Å². The first-order valence-corrected chi connectivity index (χ1v) is 10.9. The molecule has 1 unspecified atom stereocenters. The van der Waals surface area contributed by atoms with E-state index in [1.807, 2.05) is 41.3 Å². The lowest BCUT2D eigenvalue weighted by Gasteiger charge is -2.33. The number of hydrogen-bond donors (Lipinski definition) is 1. The van der Waals surface area contributed by atoms with Gasteiger partial charge in [-0.3, -0.25) is 9.59 Å². The van der Waals surface area contributed by atoms with Gasteiger partial charge in [0.05, 0.1) is 12.7 Å². The van der Waals surface area contributed by atoms with E-state index in [1.165, 1.54) is 5.56 Å². The number of likely N-dealkylation sites (tertiary alicyclic amines) is 1. The van der Waals surface area contributed by atoms with Gasteiger partial charge in [0.1, 0.15) is 11.5 Å². The molecule has 3 rings (SSSR count). The molecule has 1 fully saturated rings. The number of ether oxygens (including phenoxy) is 2. The van der Waals surface area contributed by atoms with Crippen LogP contribution in [0.4, 0.5) is 0 Å². The summed E-state index contributed by atoms with van der Waals surface area (Å²) in [5, 5.41) is 3.06. The second kappa shape index (κ2) is 10.3. The largest absolute Gasteiger partial charge is 0.496 e. The van der Waals surface area contributed by atoms with Gasteiger partial charge in [-0.15, -0.1) is 0 Å². The van der Waals surface area contributed by atoms with Gasteiger partial charge in [0.15, 0.2) is 6.10 Å². The quantitative estimate of drug-likeness (QED) is 0.729. The van der Waals surface area contributed by atoms with Gasteiger partial charge in [-0.2, -0.15) is 0 Å². The van der Waals surface area contributed by atoms with Crippen molar-refractivity contribution in [2.24, 2.45) is 0 Å². The third-order valence-electron chi connectivity index (χ3n) is 5.69. The van der Waals surface area contributed by atoms with Crippen LogP contribution >= 0.6 is 0 Å². The van der Waals surface area contributed by atoms with Crippen LogP contribution in [0.1, 0.15) is 55.5 Å². The average Bonchev–Trinajstić information content (AvgIpc) is 2.79. The van der Waals surface area contributed by atoms with Crippen LogP contribution in [0.5, 0.6) is 11.5 Å². The highest BCUT2D eigenvalue weighted by Gasteiger charge is 2.27. The molecular weight excluding hydrogens is 392 g/mol. The average molecular weight is 425 g/mol. The van der Waals surface area contributed by atoms with Crippen molar-refractivity contribution in [3.63, 3.8) is 0 Å². The third-order valence-corrected chi connectivity index (χ3v) is 5.69. The Morgan fingerprint density at radius 3 is 2.26 bits per heavy atom. The predicted molar refractivity (Wildman–Crippen MR) is 121 cm³/mol. The van der Waals surface area contributed by atoms with E-state index >= 15 is 0 Å². The van der Waals surface area contributed by atoms with Crippen LogP contribution < -0.4 is 14.8 Å². The summed E-state index contributed by atoms with van der Waals surface area (Å²) < 4.78 is 11.1. The lowest BCUT2D eigenvalue weighted by Crippen LogP contribution is -2.49. The summed E-state index contributed by atoms with van der Waals surface area (Å²) in [5.74, 6) is 1.54. The van der Waals surface area contributed by atoms with E-state index in [2.05, 4.69) is 19.2 Å². The number of carbonyl (C=O) groups is 2. The minimum Gasteiger partial charge on any atom is -0.496 e. The Morgan fingerprint density at radius 1 is 1.00 bits per heavy atom. The SMILES string of the molecule is COc1ccccc1C(=O)N1CCC(NC(=O)C(C)Oc2ccc(C(C)C)cc2)CC1. The summed E-state index contributed by atoms with van der Waals surface area (Å²) in [6, 6.07) is 15.1. The van der Waals surface area contributed by atoms with Crippen LogP contribution in [0, 0.1) is 0 Å². The molecule has 1 heterocycles. The van der Waals surface area contributed by atoms with E-state index in [0.717, 1.165) is 0 Å². The first-order valence-electron chi connectivity index (χ1n) is 10.9. The van der Waals surface area contributed by atoms with Crippen molar-refractivity contribution in [3.05, 3.63) is 59.7 Å². The molecule has 0 spiro atoms. The Morgan fingerprint density at radius 2 is 1.65 bits per heavy atom. The van der Waals surface area contributed by atoms with Crippen LogP contribution in [-0.4, -0.2) is 49.1 Å². The topological polar surface area (TPSA) is 67.9 Å². The van der Waals surface area contributed by atoms with Crippen molar-refractivity contribution in [1.82, 2.24) is 10.2 Å². The van der Waals surface area contributed by atoms with E-state index in [0.29, 0.717) is 48.9 Å². The minimum absolute atomic E-state index is 0.0311. The number of carbonyl (C=O) groups excluding carboxylic acids is 2. The van der Waals surface area contributed by atoms with Crippen molar-refractivity contribution >= 4 is 11.8 Å². The van der Waals surface area contributed by atoms with Crippen molar-refractivity contribution in [3.8, 4) is 11.5 Å². The maximum atomic E-state index is 12.8. The lowest BCUT2D eigenvalue weighted by atomic mass is 10.0. The molecule has 0 aliphatic carbocycles. The number of methoxy groups -OCH3 is 1. The molecule has 1 N–H and O–H groups in total.